The van der Waals surface area contributed by atoms with Crippen molar-refractivity contribution in [3.05, 3.63) is 58.1 Å². The Morgan fingerprint density at radius 2 is 2.14 bits per heavy atom. The number of hydrogen-bond acceptors (Lipinski definition) is 2. The minimum Gasteiger partial charge on any atom is -0.321 e. The average Bonchev–Trinajstić information content (AvgIpc) is 2.80. The molecule has 3 nitrogen and oxygen atoms in total. The third-order valence-electron chi connectivity index (χ3n) is 3.52. The highest BCUT2D eigenvalue weighted by Crippen LogP contribution is 2.27. The largest absolute Gasteiger partial charge is 0.321 e. The molecule has 1 atom stereocenters. The summed E-state index contributed by atoms with van der Waals surface area (Å²) in [4.78, 5) is 9.14. The minimum absolute atomic E-state index is 0.153. The Labute approximate surface area is 137 Å². The molecule has 108 valence electrons. The lowest BCUT2D eigenvalue weighted by Crippen LogP contribution is -2.08. The summed E-state index contributed by atoms with van der Waals surface area (Å²) in [6.07, 6.45) is 1.82. The van der Waals surface area contributed by atoms with E-state index in [-0.39, 0.29) is 5.38 Å². The molecule has 0 aliphatic heterocycles. The lowest BCUT2D eigenvalue weighted by atomic mass is 10.2. The van der Waals surface area contributed by atoms with E-state index >= 15 is 0 Å². The molecule has 0 spiro atoms. The van der Waals surface area contributed by atoms with Crippen LogP contribution >= 0.6 is 27.5 Å². The van der Waals surface area contributed by atoms with Crippen LogP contribution in [0.15, 0.2) is 41.0 Å². The van der Waals surface area contributed by atoms with E-state index in [4.69, 9.17) is 11.6 Å². The Bertz CT molecular complexity index is 795. The van der Waals surface area contributed by atoms with Crippen LogP contribution in [0.1, 0.15) is 29.4 Å². The molecule has 1 aromatic carbocycles. The van der Waals surface area contributed by atoms with Gasteiger partial charge in [-0.25, -0.2) is 4.98 Å². The molecule has 5 heteroatoms. The second-order valence-corrected chi connectivity index (χ2v) is 6.64. The number of benzene rings is 1. The van der Waals surface area contributed by atoms with Gasteiger partial charge in [0.1, 0.15) is 5.82 Å². The molecule has 3 aromatic rings. The number of imidazole rings is 1. The van der Waals surface area contributed by atoms with Gasteiger partial charge in [0.15, 0.2) is 0 Å². The number of pyridine rings is 1. The zero-order valence-electron chi connectivity index (χ0n) is 11.8. The number of aryl methyl sites for hydroxylation is 1. The Balaban J connectivity index is 2.17. The monoisotopic (exact) mass is 363 g/mol. The average molecular weight is 365 g/mol. The molecule has 0 aliphatic carbocycles. The normalized spacial score (nSPS) is 12.8. The van der Waals surface area contributed by atoms with Crippen LogP contribution in [0.4, 0.5) is 0 Å². The predicted molar refractivity (Wildman–Crippen MR) is 89.8 cm³/mol. The highest BCUT2D eigenvalue weighted by molar-refractivity contribution is 9.10. The van der Waals surface area contributed by atoms with Crippen LogP contribution in [0, 0.1) is 6.92 Å². The Kier molecular flexibility index (Phi) is 4.00. The first kappa shape index (κ1) is 14.5. The Hall–Kier alpha value is -1.39. The second-order valence-electron chi connectivity index (χ2n) is 5.07. The standard InChI is InChI=1S/C16H15BrClN3/c1-10-4-3-7-19-14(10)9-21-15-8-12(17)5-6-13(15)20-16(21)11(2)18/h3-8,11H,9H2,1-2H3. The van der Waals surface area contributed by atoms with E-state index in [2.05, 4.69) is 49.5 Å². The van der Waals surface area contributed by atoms with E-state index in [1.807, 2.05) is 31.3 Å². The van der Waals surface area contributed by atoms with Crippen LogP contribution in [0.2, 0.25) is 0 Å². The maximum Gasteiger partial charge on any atom is 0.128 e. The number of fused-ring (bicyclic) bond motifs is 1. The van der Waals surface area contributed by atoms with Crippen molar-refractivity contribution in [1.29, 1.82) is 0 Å². The van der Waals surface area contributed by atoms with E-state index in [9.17, 15) is 0 Å². The lowest BCUT2D eigenvalue weighted by molar-refractivity contribution is 0.723. The summed E-state index contributed by atoms with van der Waals surface area (Å²) in [5.41, 5.74) is 4.23. The maximum atomic E-state index is 6.31. The minimum atomic E-state index is -0.153. The second kappa shape index (κ2) is 5.78. The number of aromatic nitrogens is 3. The molecular weight excluding hydrogens is 350 g/mol. The topological polar surface area (TPSA) is 30.7 Å². The van der Waals surface area contributed by atoms with Gasteiger partial charge in [0.25, 0.3) is 0 Å². The lowest BCUT2D eigenvalue weighted by Gasteiger charge is -2.11. The van der Waals surface area contributed by atoms with Crippen molar-refractivity contribution < 1.29 is 0 Å². The molecule has 2 aromatic heterocycles. The van der Waals surface area contributed by atoms with Crippen LogP contribution in [0.3, 0.4) is 0 Å². The molecule has 21 heavy (non-hydrogen) atoms. The van der Waals surface area contributed by atoms with E-state index in [0.29, 0.717) is 6.54 Å². The summed E-state index contributed by atoms with van der Waals surface area (Å²) >= 11 is 9.83. The summed E-state index contributed by atoms with van der Waals surface area (Å²) < 4.78 is 3.18. The van der Waals surface area contributed by atoms with Gasteiger partial charge in [-0.2, -0.15) is 0 Å². The highest BCUT2D eigenvalue weighted by Gasteiger charge is 2.16. The quantitative estimate of drug-likeness (QED) is 0.622. The van der Waals surface area contributed by atoms with Gasteiger partial charge in [0.05, 0.1) is 28.6 Å². The number of alkyl halides is 1. The van der Waals surface area contributed by atoms with Crippen molar-refractivity contribution in [2.45, 2.75) is 25.8 Å². The molecule has 0 saturated heterocycles. The summed E-state index contributed by atoms with van der Waals surface area (Å²) in [6.45, 7) is 4.69. The fourth-order valence-electron chi connectivity index (χ4n) is 2.42. The first-order valence-corrected chi connectivity index (χ1v) is 7.99. The third kappa shape index (κ3) is 2.83. The van der Waals surface area contributed by atoms with Crippen molar-refractivity contribution in [3.8, 4) is 0 Å². The van der Waals surface area contributed by atoms with Gasteiger partial charge >= 0.3 is 0 Å². The van der Waals surface area contributed by atoms with Crippen LogP contribution < -0.4 is 0 Å². The first-order valence-electron chi connectivity index (χ1n) is 6.76. The number of halogens is 2. The van der Waals surface area contributed by atoms with Gasteiger partial charge < -0.3 is 4.57 Å². The van der Waals surface area contributed by atoms with E-state index < -0.39 is 0 Å². The molecule has 0 amide bonds. The fourth-order valence-corrected chi connectivity index (χ4v) is 2.93. The number of nitrogens with zero attached hydrogens (tertiary/aromatic N) is 3. The van der Waals surface area contributed by atoms with E-state index in [1.54, 1.807) is 0 Å². The smallest absolute Gasteiger partial charge is 0.128 e. The molecule has 1 unspecified atom stereocenters. The molecule has 3 rings (SSSR count). The fraction of sp³-hybridized carbons (Fsp3) is 0.250. The van der Waals surface area contributed by atoms with Crippen molar-refractivity contribution in [2.24, 2.45) is 0 Å². The van der Waals surface area contributed by atoms with Crippen LogP contribution in [0.25, 0.3) is 11.0 Å². The van der Waals surface area contributed by atoms with Crippen molar-refractivity contribution in [1.82, 2.24) is 14.5 Å². The Morgan fingerprint density at radius 3 is 2.86 bits per heavy atom. The summed E-state index contributed by atoms with van der Waals surface area (Å²) in [7, 11) is 0. The summed E-state index contributed by atoms with van der Waals surface area (Å²) in [5, 5.41) is -0.153. The molecule has 0 saturated carbocycles. The summed E-state index contributed by atoms with van der Waals surface area (Å²) in [5.74, 6) is 0.870. The van der Waals surface area contributed by atoms with Gasteiger partial charge in [-0.3, -0.25) is 4.98 Å². The predicted octanol–water partition coefficient (Wildman–Crippen LogP) is 4.85. The van der Waals surface area contributed by atoms with Gasteiger partial charge in [0, 0.05) is 10.7 Å². The van der Waals surface area contributed by atoms with Crippen molar-refractivity contribution in [2.75, 3.05) is 0 Å². The van der Waals surface area contributed by atoms with Gasteiger partial charge in [-0.1, -0.05) is 22.0 Å². The van der Waals surface area contributed by atoms with E-state index in [0.717, 1.165) is 27.0 Å². The maximum absolute atomic E-state index is 6.31. The molecular formula is C16H15BrClN3. The van der Waals surface area contributed by atoms with Crippen LogP contribution in [0.5, 0.6) is 0 Å². The van der Waals surface area contributed by atoms with Crippen LogP contribution in [-0.2, 0) is 6.54 Å². The molecule has 0 radical (unpaired) electrons. The molecule has 0 fully saturated rings. The van der Waals surface area contributed by atoms with Gasteiger partial charge in [0.2, 0.25) is 0 Å². The first-order chi connectivity index (χ1) is 10.1. The molecule has 0 bridgehead atoms. The summed E-state index contributed by atoms with van der Waals surface area (Å²) in [6, 6.07) is 10.1. The third-order valence-corrected chi connectivity index (χ3v) is 4.21. The van der Waals surface area contributed by atoms with Crippen LogP contribution in [-0.4, -0.2) is 14.5 Å². The molecule has 0 N–H and O–H groups in total. The number of rotatable bonds is 3. The zero-order chi connectivity index (χ0) is 15.0. The van der Waals surface area contributed by atoms with Crippen molar-refractivity contribution in [3.63, 3.8) is 0 Å². The number of hydrogen-bond donors (Lipinski definition) is 0. The molecule has 0 aliphatic rings. The van der Waals surface area contributed by atoms with Gasteiger partial charge in [-0.05, 0) is 43.7 Å². The van der Waals surface area contributed by atoms with Gasteiger partial charge in [-0.15, -0.1) is 11.6 Å². The van der Waals surface area contributed by atoms with Crippen molar-refractivity contribution >= 4 is 38.6 Å². The Morgan fingerprint density at radius 1 is 1.33 bits per heavy atom. The zero-order valence-corrected chi connectivity index (χ0v) is 14.2. The SMILES string of the molecule is Cc1cccnc1Cn1c(C(C)Cl)nc2ccc(Br)cc21. The van der Waals surface area contributed by atoms with E-state index in [1.165, 1.54) is 5.56 Å². The molecule has 2 heterocycles. The highest BCUT2D eigenvalue weighted by atomic mass is 79.9.